The maximum Gasteiger partial charge on any atom is 0.341 e. The van der Waals surface area contributed by atoms with Gasteiger partial charge in [-0.05, 0) is 38.5 Å². The van der Waals surface area contributed by atoms with Crippen LogP contribution in [0.25, 0.3) is 0 Å². The number of carbonyl (C=O) groups excluding carboxylic acids is 1. The van der Waals surface area contributed by atoms with Crippen LogP contribution in [0.1, 0.15) is 43.0 Å². The molecule has 1 aromatic heterocycles. The number of Topliss-reactive ketones (excluding diaryl/α,β-unsaturated/α-hetero) is 1. The fourth-order valence-corrected chi connectivity index (χ4v) is 3.95. The van der Waals surface area contributed by atoms with Crippen LogP contribution >= 0.6 is 23.2 Å². The van der Waals surface area contributed by atoms with Crippen molar-refractivity contribution in [1.29, 1.82) is 0 Å². The molecule has 1 aliphatic rings. The molecule has 0 radical (unpaired) electrons. The predicted molar refractivity (Wildman–Crippen MR) is 123 cm³/mol. The zero-order valence-electron chi connectivity index (χ0n) is 18.3. The van der Waals surface area contributed by atoms with Gasteiger partial charge in [0.25, 0.3) is 6.73 Å². The van der Waals surface area contributed by atoms with E-state index in [4.69, 9.17) is 21.4 Å². The number of likely N-dealkylation sites (N-methyl/N-ethyl adjacent to an activating group) is 1. The Bertz CT molecular complexity index is 835. The Hall–Kier alpha value is -1.99. The highest BCUT2D eigenvalue weighted by molar-refractivity contribution is 6.30. The molecular formula is C23H31Cl2N2O4+. The number of hydrogen-bond acceptors (Lipinski definition) is 4. The molecule has 1 N–H and O–H groups in total. The number of alkyl halides is 1. The van der Waals surface area contributed by atoms with E-state index in [1.807, 2.05) is 18.0 Å². The van der Waals surface area contributed by atoms with Gasteiger partial charge in [-0.25, -0.2) is 4.79 Å². The van der Waals surface area contributed by atoms with E-state index < -0.39 is 11.5 Å². The van der Waals surface area contributed by atoms with Gasteiger partial charge >= 0.3 is 5.97 Å². The number of pyridine rings is 1. The zero-order valence-corrected chi connectivity index (χ0v) is 19.8. The summed E-state index contributed by atoms with van der Waals surface area (Å²) in [5.74, 6) is -0.872. The van der Waals surface area contributed by atoms with E-state index in [0.717, 1.165) is 18.4 Å². The van der Waals surface area contributed by atoms with Gasteiger partial charge in [-0.3, -0.25) is 9.69 Å². The van der Waals surface area contributed by atoms with E-state index >= 15 is 0 Å². The number of ether oxygens (including phenoxy) is 1. The second-order valence-corrected chi connectivity index (χ2v) is 7.67. The number of ketones is 1. The molecule has 1 aliphatic carbocycles. The average molecular weight is 470 g/mol. The first-order valence-electron chi connectivity index (χ1n) is 9.91. The molecule has 31 heavy (non-hydrogen) atoms. The first-order valence-corrected chi connectivity index (χ1v) is 11.0. The van der Waals surface area contributed by atoms with Crippen molar-refractivity contribution in [2.45, 2.75) is 44.9 Å². The molecule has 0 saturated heterocycles. The van der Waals surface area contributed by atoms with Crippen LogP contribution in [-0.4, -0.2) is 47.5 Å². The first-order chi connectivity index (χ1) is 14.8. The molecule has 1 heterocycles. The molecular weight excluding hydrogens is 439 g/mol. The standard InChI is InChI=1S/C22H27ClN2O4.CH3Cl/c1-4-5-10-19(17(2)23)22(12-7-6-11-20(22)26)24(3)15-29-16-25-13-8-9-18(14-25)21(27)28;1-2/h4-5,8-10,13-14H,1,6-7,11-12,15-16H2,2-3H3;1H3/p+1/b10-5-,19-17-;. The van der Waals surface area contributed by atoms with Crippen molar-refractivity contribution in [1.82, 2.24) is 4.90 Å². The molecule has 6 nitrogen and oxygen atoms in total. The molecule has 170 valence electrons. The van der Waals surface area contributed by atoms with Crippen LogP contribution in [-0.2, 0) is 16.3 Å². The monoisotopic (exact) mass is 469 g/mol. The smallest absolute Gasteiger partial charge is 0.341 e. The second kappa shape index (κ2) is 13.4. The Morgan fingerprint density at radius 2 is 2.13 bits per heavy atom. The van der Waals surface area contributed by atoms with Crippen LogP contribution in [0.15, 0.2) is 59.9 Å². The number of carbonyl (C=O) groups is 2. The summed E-state index contributed by atoms with van der Waals surface area (Å²) in [5, 5.41) is 9.67. The number of aromatic nitrogens is 1. The van der Waals surface area contributed by atoms with Crippen LogP contribution in [0.5, 0.6) is 0 Å². The molecule has 1 unspecified atom stereocenters. The number of carboxylic acid groups (broad SMARTS) is 1. The highest BCUT2D eigenvalue weighted by Gasteiger charge is 2.46. The molecule has 0 spiro atoms. The van der Waals surface area contributed by atoms with E-state index in [1.165, 1.54) is 18.6 Å². The largest absolute Gasteiger partial charge is 0.477 e. The number of rotatable bonds is 9. The van der Waals surface area contributed by atoms with Crippen molar-refractivity contribution in [3.8, 4) is 0 Å². The number of allylic oxidation sites excluding steroid dienone is 3. The summed E-state index contributed by atoms with van der Waals surface area (Å²) in [7, 11) is 1.85. The maximum atomic E-state index is 13.1. The van der Waals surface area contributed by atoms with Gasteiger partial charge in [0.1, 0.15) is 17.8 Å². The van der Waals surface area contributed by atoms with Crippen molar-refractivity contribution in [3.05, 3.63) is 65.5 Å². The summed E-state index contributed by atoms with van der Waals surface area (Å²) in [6, 6.07) is 3.17. The second-order valence-electron chi connectivity index (χ2n) is 7.10. The SMILES string of the molecule is C=C/C=C\C(=C(/C)Cl)C1(N(C)COC[n+]2cccc(C(=O)O)c2)CCCCC1=O.CCl. The van der Waals surface area contributed by atoms with Gasteiger partial charge in [-0.15, -0.1) is 11.6 Å². The molecule has 8 heteroatoms. The van der Waals surface area contributed by atoms with Gasteiger partial charge in [-0.2, -0.15) is 4.57 Å². The minimum absolute atomic E-state index is 0.124. The van der Waals surface area contributed by atoms with Gasteiger partial charge in [0.05, 0.1) is 0 Å². The van der Waals surface area contributed by atoms with E-state index in [9.17, 15) is 9.59 Å². The zero-order chi connectivity index (χ0) is 23.4. The van der Waals surface area contributed by atoms with Gasteiger partial charge in [0.15, 0.2) is 18.2 Å². The minimum Gasteiger partial charge on any atom is -0.477 e. The van der Waals surface area contributed by atoms with Crippen molar-refractivity contribution in [2.75, 3.05) is 20.2 Å². The van der Waals surface area contributed by atoms with E-state index in [1.54, 1.807) is 35.9 Å². The third kappa shape index (κ3) is 7.01. The maximum absolute atomic E-state index is 13.1. The predicted octanol–water partition coefficient (Wildman–Crippen LogP) is 4.53. The average Bonchev–Trinajstić information content (AvgIpc) is 2.76. The Morgan fingerprint density at radius 1 is 1.42 bits per heavy atom. The molecule has 0 amide bonds. The molecule has 2 rings (SSSR count). The summed E-state index contributed by atoms with van der Waals surface area (Å²) in [6.07, 6.45) is 12.9. The molecule has 0 aromatic carbocycles. The van der Waals surface area contributed by atoms with Crippen LogP contribution < -0.4 is 4.57 Å². The van der Waals surface area contributed by atoms with E-state index in [-0.39, 0.29) is 24.8 Å². The highest BCUT2D eigenvalue weighted by Crippen LogP contribution is 2.39. The first kappa shape index (κ1) is 27.0. The molecule has 1 saturated carbocycles. The Kier molecular flexibility index (Phi) is 11.7. The summed E-state index contributed by atoms with van der Waals surface area (Å²) in [4.78, 5) is 26.1. The molecule has 1 aromatic rings. The summed E-state index contributed by atoms with van der Waals surface area (Å²) in [5.41, 5.74) is 0.0910. The number of carboxylic acids is 1. The molecule has 0 bridgehead atoms. The lowest BCUT2D eigenvalue weighted by molar-refractivity contribution is -0.733. The van der Waals surface area contributed by atoms with Crippen molar-refractivity contribution < 1.29 is 24.0 Å². The lowest BCUT2D eigenvalue weighted by Gasteiger charge is -2.44. The number of halogens is 2. The van der Waals surface area contributed by atoms with Gasteiger partial charge < -0.3 is 9.84 Å². The number of nitrogens with zero attached hydrogens (tertiary/aromatic N) is 2. The molecule has 1 atom stereocenters. The molecule has 1 fully saturated rings. The van der Waals surface area contributed by atoms with Gasteiger partial charge in [0.2, 0.25) is 0 Å². The topological polar surface area (TPSA) is 70.7 Å². The normalized spacial score (nSPS) is 19.6. The quantitative estimate of drug-likeness (QED) is 0.249. The highest BCUT2D eigenvalue weighted by atomic mass is 35.5. The Labute approximate surface area is 194 Å². The Balaban J connectivity index is 0.00000233. The van der Waals surface area contributed by atoms with Crippen molar-refractivity contribution in [3.63, 3.8) is 0 Å². The van der Waals surface area contributed by atoms with Crippen LogP contribution in [0.3, 0.4) is 0 Å². The van der Waals surface area contributed by atoms with Gasteiger partial charge in [-0.1, -0.05) is 42.8 Å². The van der Waals surface area contributed by atoms with Crippen LogP contribution in [0.2, 0.25) is 0 Å². The lowest BCUT2D eigenvalue weighted by Crippen LogP contribution is -2.56. The fraction of sp³-hybridized carbons (Fsp3) is 0.435. The lowest BCUT2D eigenvalue weighted by atomic mass is 9.73. The fourth-order valence-electron chi connectivity index (χ4n) is 3.73. The Morgan fingerprint density at radius 3 is 2.71 bits per heavy atom. The van der Waals surface area contributed by atoms with Crippen LogP contribution in [0, 0.1) is 0 Å². The third-order valence-corrected chi connectivity index (χ3v) is 5.36. The summed E-state index contributed by atoms with van der Waals surface area (Å²) < 4.78 is 7.46. The molecule has 0 aliphatic heterocycles. The van der Waals surface area contributed by atoms with E-state index in [0.29, 0.717) is 17.9 Å². The minimum atomic E-state index is -0.996. The summed E-state index contributed by atoms with van der Waals surface area (Å²) >= 11 is 11.0. The van der Waals surface area contributed by atoms with Crippen molar-refractivity contribution in [2.24, 2.45) is 0 Å². The van der Waals surface area contributed by atoms with Crippen LogP contribution in [0.4, 0.5) is 0 Å². The van der Waals surface area contributed by atoms with E-state index in [2.05, 4.69) is 18.2 Å². The third-order valence-electron chi connectivity index (χ3n) is 5.15. The van der Waals surface area contributed by atoms with Gasteiger partial charge in [0, 0.05) is 23.9 Å². The summed E-state index contributed by atoms with van der Waals surface area (Å²) in [6.45, 7) is 5.84. The number of hydrogen-bond donors (Lipinski definition) is 1. The number of aromatic carboxylic acids is 1. The van der Waals surface area contributed by atoms with Crippen molar-refractivity contribution >= 4 is 35.0 Å².